The van der Waals surface area contributed by atoms with Gasteiger partial charge in [-0.3, -0.25) is 0 Å². The summed E-state index contributed by atoms with van der Waals surface area (Å²) in [5, 5.41) is 4.96. The highest BCUT2D eigenvalue weighted by molar-refractivity contribution is 6.16. The third-order valence-electron chi connectivity index (χ3n) is 11.3. The molecule has 2 nitrogen and oxygen atoms in total. The van der Waals surface area contributed by atoms with Crippen LogP contribution in [0.15, 0.2) is 218 Å². The molecule has 0 aliphatic rings. The van der Waals surface area contributed by atoms with Gasteiger partial charge in [-0.2, -0.15) is 0 Å². The lowest BCUT2D eigenvalue weighted by molar-refractivity contribution is 1.18. The monoisotopic (exact) mass is 712 g/mol. The molecule has 2 heteroatoms. The van der Waals surface area contributed by atoms with E-state index in [1.807, 2.05) is 0 Å². The van der Waals surface area contributed by atoms with Gasteiger partial charge < -0.3 is 9.13 Å². The maximum atomic E-state index is 2.45. The largest absolute Gasteiger partial charge is 0.309 e. The molecule has 0 unspecified atom stereocenters. The van der Waals surface area contributed by atoms with Crippen LogP contribution in [0.1, 0.15) is 0 Å². The maximum absolute atomic E-state index is 2.45. The minimum absolute atomic E-state index is 1.15. The van der Waals surface area contributed by atoms with E-state index in [1.165, 1.54) is 88.1 Å². The van der Waals surface area contributed by atoms with E-state index in [-0.39, 0.29) is 0 Å². The molecule has 0 bridgehead atoms. The molecule has 0 saturated carbocycles. The van der Waals surface area contributed by atoms with Crippen molar-refractivity contribution in [3.05, 3.63) is 218 Å². The van der Waals surface area contributed by atoms with E-state index in [1.54, 1.807) is 0 Å². The highest BCUT2D eigenvalue weighted by atomic mass is 15.0. The molecule has 0 saturated heterocycles. The summed E-state index contributed by atoms with van der Waals surface area (Å²) in [6.07, 6.45) is 0. The number of hydrogen-bond acceptors (Lipinski definition) is 0. The molecule has 0 amide bonds. The van der Waals surface area contributed by atoms with Gasteiger partial charge in [-0.15, -0.1) is 0 Å². The molecule has 262 valence electrons. The fraction of sp³-hybridized carbons (Fsp3) is 0. The summed E-state index contributed by atoms with van der Waals surface area (Å²) >= 11 is 0. The minimum atomic E-state index is 1.15. The number of nitrogens with zero attached hydrogens (tertiary/aromatic N) is 2. The number of hydrogen-bond donors (Lipinski definition) is 0. The fourth-order valence-electron chi connectivity index (χ4n) is 8.69. The first-order chi connectivity index (χ1) is 27.8. The summed E-state index contributed by atoms with van der Waals surface area (Å²) in [4.78, 5) is 0. The van der Waals surface area contributed by atoms with Crippen LogP contribution in [0.4, 0.5) is 0 Å². The van der Waals surface area contributed by atoms with Crippen LogP contribution >= 0.6 is 0 Å². The average molecular weight is 713 g/mol. The van der Waals surface area contributed by atoms with Crippen molar-refractivity contribution in [3.63, 3.8) is 0 Å². The molecule has 2 aromatic heterocycles. The molecule has 11 aromatic rings. The quantitative estimate of drug-likeness (QED) is 0.162. The molecule has 0 N–H and O–H groups in total. The Morgan fingerprint density at radius 3 is 1.50 bits per heavy atom. The van der Waals surface area contributed by atoms with E-state index < -0.39 is 0 Å². The van der Waals surface area contributed by atoms with E-state index in [0.717, 1.165) is 11.4 Å². The summed E-state index contributed by atoms with van der Waals surface area (Å²) in [5.74, 6) is 0. The second-order valence-corrected chi connectivity index (χ2v) is 14.6. The molecule has 2 heterocycles. The van der Waals surface area contributed by atoms with Gasteiger partial charge in [0.1, 0.15) is 0 Å². The van der Waals surface area contributed by atoms with Gasteiger partial charge in [0.05, 0.1) is 22.1 Å². The van der Waals surface area contributed by atoms with Crippen molar-refractivity contribution in [1.29, 1.82) is 0 Å². The predicted molar refractivity (Wildman–Crippen MR) is 237 cm³/mol. The number of rotatable bonds is 6. The molecule has 11 rings (SSSR count). The topological polar surface area (TPSA) is 9.86 Å². The maximum Gasteiger partial charge on any atom is 0.0619 e. The Kier molecular flexibility index (Phi) is 7.53. The fourth-order valence-corrected chi connectivity index (χ4v) is 8.69. The van der Waals surface area contributed by atoms with E-state index in [9.17, 15) is 0 Å². The summed E-state index contributed by atoms with van der Waals surface area (Å²) in [5.41, 5.74) is 16.7. The van der Waals surface area contributed by atoms with Crippen molar-refractivity contribution in [1.82, 2.24) is 9.13 Å². The van der Waals surface area contributed by atoms with Gasteiger partial charge in [-0.25, -0.2) is 0 Å². The van der Waals surface area contributed by atoms with Crippen LogP contribution in [-0.4, -0.2) is 9.13 Å². The van der Waals surface area contributed by atoms with Crippen molar-refractivity contribution in [2.75, 3.05) is 0 Å². The normalized spacial score (nSPS) is 11.6. The van der Waals surface area contributed by atoms with Crippen LogP contribution in [-0.2, 0) is 0 Å². The van der Waals surface area contributed by atoms with Gasteiger partial charge in [-0.1, -0.05) is 158 Å². The summed E-state index contributed by atoms with van der Waals surface area (Å²) in [6.45, 7) is 0. The van der Waals surface area contributed by atoms with Crippen molar-refractivity contribution < 1.29 is 0 Å². The third-order valence-corrected chi connectivity index (χ3v) is 11.3. The highest BCUT2D eigenvalue weighted by Gasteiger charge is 2.20. The molecule has 0 fully saturated rings. The summed E-state index contributed by atoms with van der Waals surface area (Å²) in [7, 11) is 0. The molecule has 0 spiro atoms. The minimum Gasteiger partial charge on any atom is -0.309 e. The van der Waals surface area contributed by atoms with Gasteiger partial charge in [0.2, 0.25) is 0 Å². The first kappa shape index (κ1) is 32.0. The van der Waals surface area contributed by atoms with Gasteiger partial charge in [-0.05, 0) is 99.6 Å². The Morgan fingerprint density at radius 1 is 0.232 bits per heavy atom. The number of fused-ring (bicyclic) bond motifs is 6. The Bertz CT molecular complexity index is 3210. The van der Waals surface area contributed by atoms with E-state index in [0.29, 0.717) is 0 Å². The molecule has 0 aliphatic heterocycles. The molecular weight excluding hydrogens is 677 g/mol. The zero-order chi connectivity index (χ0) is 37.0. The first-order valence-corrected chi connectivity index (χ1v) is 19.3. The Labute approximate surface area is 325 Å². The molecular formula is C54H36N2. The SMILES string of the molecule is c1ccc(-c2cccc(-n3c4ccccc4c4ccc(-c5ccc6c(c5)c5cc(-c7ccccc7)cc(-c7ccccc7)c5n6-c5ccccc5)cc43)c2)cc1. The van der Waals surface area contributed by atoms with Gasteiger partial charge in [0, 0.05) is 38.5 Å². The van der Waals surface area contributed by atoms with Gasteiger partial charge in [0.15, 0.2) is 0 Å². The Balaban J connectivity index is 1.17. The summed E-state index contributed by atoms with van der Waals surface area (Å²) in [6, 6.07) is 79.5. The summed E-state index contributed by atoms with van der Waals surface area (Å²) < 4.78 is 4.88. The van der Waals surface area contributed by atoms with Crippen molar-refractivity contribution in [2.45, 2.75) is 0 Å². The van der Waals surface area contributed by atoms with Crippen LogP contribution in [0.2, 0.25) is 0 Å². The number of benzene rings is 9. The lowest BCUT2D eigenvalue weighted by Gasteiger charge is -2.13. The first-order valence-electron chi connectivity index (χ1n) is 19.3. The van der Waals surface area contributed by atoms with Crippen molar-refractivity contribution >= 4 is 43.6 Å². The molecule has 9 aromatic carbocycles. The van der Waals surface area contributed by atoms with E-state index in [2.05, 4.69) is 228 Å². The molecule has 0 atom stereocenters. The van der Waals surface area contributed by atoms with Gasteiger partial charge >= 0.3 is 0 Å². The molecule has 56 heavy (non-hydrogen) atoms. The van der Waals surface area contributed by atoms with E-state index >= 15 is 0 Å². The van der Waals surface area contributed by atoms with Crippen LogP contribution in [0.3, 0.4) is 0 Å². The zero-order valence-electron chi connectivity index (χ0n) is 30.7. The van der Waals surface area contributed by atoms with Crippen LogP contribution < -0.4 is 0 Å². The number of aromatic nitrogens is 2. The lowest BCUT2D eigenvalue weighted by Crippen LogP contribution is -1.96. The van der Waals surface area contributed by atoms with Crippen molar-refractivity contribution in [2.24, 2.45) is 0 Å². The Hall–Kier alpha value is -7.42. The second-order valence-electron chi connectivity index (χ2n) is 14.6. The standard InChI is InChI=1S/C54H36N2/c1-5-16-37(17-6-1)40-22-15-25-45(32-40)55-51-27-14-13-26-46(51)47-30-28-42(36-53(47)55)41-29-31-52-49(33-41)50-35-43(38-18-7-2-8-19-38)34-48(39-20-9-3-10-21-39)54(50)56(52)44-23-11-4-12-24-44/h1-36H. The van der Waals surface area contributed by atoms with Crippen LogP contribution in [0, 0.1) is 0 Å². The number of para-hydroxylation sites is 2. The lowest BCUT2D eigenvalue weighted by atomic mass is 9.95. The van der Waals surface area contributed by atoms with Crippen molar-refractivity contribution in [3.8, 4) is 55.9 Å². The third kappa shape index (κ3) is 5.26. The molecule has 0 aliphatic carbocycles. The zero-order valence-corrected chi connectivity index (χ0v) is 30.7. The highest BCUT2D eigenvalue weighted by Crippen LogP contribution is 2.43. The smallest absolute Gasteiger partial charge is 0.0619 e. The predicted octanol–water partition coefficient (Wildman–Crippen LogP) is 14.5. The second kappa shape index (κ2) is 13.2. The van der Waals surface area contributed by atoms with Crippen LogP contribution in [0.25, 0.3) is 99.5 Å². The Morgan fingerprint density at radius 2 is 0.750 bits per heavy atom. The molecule has 0 radical (unpaired) electrons. The van der Waals surface area contributed by atoms with Crippen LogP contribution in [0.5, 0.6) is 0 Å². The van der Waals surface area contributed by atoms with Gasteiger partial charge in [0.25, 0.3) is 0 Å². The average Bonchev–Trinajstić information content (AvgIpc) is 3.79. The van der Waals surface area contributed by atoms with E-state index in [4.69, 9.17) is 0 Å².